The number of unbranched alkanes of at least 4 members (excludes halogenated alkanes) is 1. The number of aromatic nitrogens is 1. The number of amides is 1. The fraction of sp³-hybridized carbons (Fsp3) is 0.222. The first-order valence-electron chi connectivity index (χ1n) is 7.69. The summed E-state index contributed by atoms with van der Waals surface area (Å²) in [6.07, 6.45) is 2.89. The first kappa shape index (κ1) is 15.5. The van der Waals surface area contributed by atoms with Crippen LogP contribution in [0.25, 0.3) is 10.1 Å². The van der Waals surface area contributed by atoms with Crippen LogP contribution in [0.15, 0.2) is 59.4 Å². The van der Waals surface area contributed by atoms with Crippen LogP contribution in [0.5, 0.6) is 0 Å². The van der Waals surface area contributed by atoms with Gasteiger partial charge in [-0.3, -0.25) is 4.79 Å². The molecule has 0 aliphatic heterocycles. The van der Waals surface area contributed by atoms with Gasteiger partial charge in [-0.15, -0.1) is 0 Å². The molecule has 0 saturated carbocycles. The predicted molar refractivity (Wildman–Crippen MR) is 94.3 cm³/mol. The maximum Gasteiger partial charge on any atom is 0.338 e. The zero-order chi connectivity index (χ0) is 16.1. The summed E-state index contributed by atoms with van der Waals surface area (Å²) in [5.74, 6) is 0. The average Bonchev–Trinajstić information content (AvgIpc) is 2.93. The maximum atomic E-state index is 12.2. The molecule has 1 amide bonds. The van der Waals surface area contributed by atoms with Gasteiger partial charge in [-0.25, -0.2) is 4.79 Å². The largest absolute Gasteiger partial charge is 0.338 e. The Balaban J connectivity index is 1.51. The molecule has 0 aliphatic carbocycles. The van der Waals surface area contributed by atoms with Gasteiger partial charge >= 0.3 is 6.03 Å². The van der Waals surface area contributed by atoms with E-state index in [1.54, 1.807) is 6.07 Å². The van der Waals surface area contributed by atoms with Crippen LogP contribution in [0.1, 0.15) is 18.4 Å². The number of nitrogens with zero attached hydrogens (tertiary/aromatic N) is 1. The lowest BCUT2D eigenvalue weighted by Crippen LogP contribution is -2.33. The number of fused-ring (bicyclic) bond motifs is 1. The molecule has 0 radical (unpaired) electrons. The van der Waals surface area contributed by atoms with Crippen molar-refractivity contribution in [2.45, 2.75) is 19.3 Å². The molecule has 118 valence electrons. The van der Waals surface area contributed by atoms with Gasteiger partial charge in [0.05, 0.1) is 10.1 Å². The molecule has 0 unspecified atom stereocenters. The van der Waals surface area contributed by atoms with Gasteiger partial charge in [0, 0.05) is 6.54 Å². The van der Waals surface area contributed by atoms with E-state index in [1.807, 2.05) is 36.4 Å². The van der Waals surface area contributed by atoms with Crippen molar-refractivity contribution < 1.29 is 4.79 Å². The zero-order valence-corrected chi connectivity index (χ0v) is 13.5. The van der Waals surface area contributed by atoms with E-state index in [-0.39, 0.29) is 11.6 Å². The third-order valence-electron chi connectivity index (χ3n) is 3.69. The quantitative estimate of drug-likeness (QED) is 0.728. The molecule has 3 rings (SSSR count). The molecule has 1 heterocycles. The van der Waals surface area contributed by atoms with Crippen molar-refractivity contribution >= 4 is 27.6 Å². The Labute approximate surface area is 138 Å². The SMILES string of the molecule is O=C(NCCCCc1ccccc1)n1sc2ccccc2c1=O. The number of benzene rings is 2. The van der Waals surface area contributed by atoms with Gasteiger partial charge in [-0.2, -0.15) is 3.96 Å². The number of carbonyl (C=O) groups excluding carboxylic acids is 1. The second-order valence-electron chi connectivity index (χ2n) is 5.36. The van der Waals surface area contributed by atoms with Crippen molar-refractivity contribution in [2.75, 3.05) is 6.54 Å². The van der Waals surface area contributed by atoms with Gasteiger partial charge in [0.15, 0.2) is 0 Å². The number of nitrogens with one attached hydrogen (secondary N) is 1. The van der Waals surface area contributed by atoms with Crippen molar-refractivity contribution in [3.8, 4) is 0 Å². The lowest BCUT2D eigenvalue weighted by atomic mass is 10.1. The number of hydrogen-bond donors (Lipinski definition) is 1. The van der Waals surface area contributed by atoms with Gasteiger partial charge in [-0.1, -0.05) is 42.5 Å². The minimum Gasteiger partial charge on any atom is -0.337 e. The van der Waals surface area contributed by atoms with Crippen LogP contribution < -0.4 is 10.9 Å². The molecule has 1 aromatic heterocycles. The maximum absolute atomic E-state index is 12.2. The minimum atomic E-state index is -0.337. The van der Waals surface area contributed by atoms with Crippen LogP contribution in [0.2, 0.25) is 0 Å². The Hall–Kier alpha value is -2.40. The molecule has 0 atom stereocenters. The summed E-state index contributed by atoms with van der Waals surface area (Å²) >= 11 is 1.18. The standard InChI is InChI=1S/C18H18N2O2S/c21-17-15-11-4-5-12-16(15)23-20(17)18(22)19-13-7-6-10-14-8-2-1-3-9-14/h1-5,8-9,11-12H,6-7,10,13H2,(H,19,22). The van der Waals surface area contributed by atoms with Crippen LogP contribution in [0.3, 0.4) is 0 Å². The molecule has 0 bridgehead atoms. The monoisotopic (exact) mass is 326 g/mol. The summed E-state index contributed by atoms with van der Waals surface area (Å²) in [5.41, 5.74) is 1.06. The molecule has 3 aromatic rings. The minimum absolute atomic E-state index is 0.243. The van der Waals surface area contributed by atoms with Crippen LogP contribution in [-0.2, 0) is 6.42 Å². The molecule has 0 aliphatic rings. The van der Waals surface area contributed by atoms with Crippen LogP contribution in [0.4, 0.5) is 4.79 Å². The summed E-state index contributed by atoms with van der Waals surface area (Å²) in [6, 6.07) is 17.2. The number of hydrogen-bond acceptors (Lipinski definition) is 3. The van der Waals surface area contributed by atoms with Crippen LogP contribution >= 0.6 is 11.5 Å². The van der Waals surface area contributed by atoms with Crippen molar-refractivity contribution in [2.24, 2.45) is 0 Å². The Bertz CT molecular complexity index is 852. The molecule has 23 heavy (non-hydrogen) atoms. The van der Waals surface area contributed by atoms with E-state index >= 15 is 0 Å². The molecule has 0 spiro atoms. The first-order valence-corrected chi connectivity index (χ1v) is 8.46. The predicted octanol–water partition coefficient (Wildman–Crippen LogP) is 3.64. The molecule has 0 fully saturated rings. The van der Waals surface area contributed by atoms with Gasteiger partial charge in [0.25, 0.3) is 5.56 Å². The number of carbonyl (C=O) groups is 1. The van der Waals surface area contributed by atoms with Crippen molar-refractivity contribution in [3.63, 3.8) is 0 Å². The van der Waals surface area contributed by atoms with Gasteiger partial charge < -0.3 is 5.32 Å². The fourth-order valence-corrected chi connectivity index (χ4v) is 3.39. The van der Waals surface area contributed by atoms with Gasteiger partial charge in [-0.05, 0) is 48.5 Å². The van der Waals surface area contributed by atoms with Gasteiger partial charge in [0.2, 0.25) is 0 Å². The third-order valence-corrected chi connectivity index (χ3v) is 4.75. The van der Waals surface area contributed by atoms with E-state index < -0.39 is 0 Å². The van der Waals surface area contributed by atoms with E-state index in [2.05, 4.69) is 17.4 Å². The summed E-state index contributed by atoms with van der Waals surface area (Å²) in [6.45, 7) is 0.576. The molecule has 1 N–H and O–H groups in total. The fourth-order valence-electron chi connectivity index (χ4n) is 2.47. The summed E-state index contributed by atoms with van der Waals surface area (Å²) in [4.78, 5) is 24.3. The van der Waals surface area contributed by atoms with E-state index in [4.69, 9.17) is 0 Å². The van der Waals surface area contributed by atoms with Crippen molar-refractivity contribution in [1.82, 2.24) is 9.27 Å². The Morgan fingerprint density at radius 2 is 1.74 bits per heavy atom. The van der Waals surface area contributed by atoms with E-state index in [0.717, 1.165) is 24.0 Å². The highest BCUT2D eigenvalue weighted by molar-refractivity contribution is 7.14. The van der Waals surface area contributed by atoms with Crippen LogP contribution in [0, 0.1) is 0 Å². The summed E-state index contributed by atoms with van der Waals surface area (Å²) < 4.78 is 2.03. The Kier molecular flexibility index (Phi) is 4.88. The average molecular weight is 326 g/mol. The molecule has 0 saturated heterocycles. The van der Waals surface area contributed by atoms with E-state index in [1.165, 1.54) is 21.1 Å². The third kappa shape index (κ3) is 3.68. The number of rotatable bonds is 5. The smallest absolute Gasteiger partial charge is 0.337 e. The molecule has 4 nitrogen and oxygen atoms in total. The first-order chi connectivity index (χ1) is 11.3. The van der Waals surface area contributed by atoms with E-state index in [0.29, 0.717) is 11.9 Å². The topological polar surface area (TPSA) is 51.1 Å². The van der Waals surface area contributed by atoms with Crippen LogP contribution in [-0.4, -0.2) is 16.5 Å². The van der Waals surface area contributed by atoms with E-state index in [9.17, 15) is 9.59 Å². The highest BCUT2D eigenvalue weighted by Gasteiger charge is 2.12. The molecule has 2 aromatic carbocycles. The molecular formula is C18H18N2O2S. The van der Waals surface area contributed by atoms with Crippen molar-refractivity contribution in [3.05, 3.63) is 70.5 Å². The summed E-state index contributed by atoms with van der Waals surface area (Å²) in [5, 5.41) is 3.42. The molecule has 5 heteroatoms. The lowest BCUT2D eigenvalue weighted by Gasteiger charge is -2.04. The Morgan fingerprint density at radius 1 is 1.00 bits per heavy atom. The van der Waals surface area contributed by atoms with Gasteiger partial charge in [0.1, 0.15) is 0 Å². The highest BCUT2D eigenvalue weighted by Crippen LogP contribution is 2.15. The summed E-state index contributed by atoms with van der Waals surface area (Å²) in [7, 11) is 0. The normalized spacial score (nSPS) is 10.8. The van der Waals surface area contributed by atoms with Crippen molar-refractivity contribution in [1.29, 1.82) is 0 Å². The lowest BCUT2D eigenvalue weighted by molar-refractivity contribution is 0.243. The highest BCUT2D eigenvalue weighted by atomic mass is 32.1. The second kappa shape index (κ2) is 7.24. The second-order valence-corrected chi connectivity index (χ2v) is 6.35. The Morgan fingerprint density at radius 3 is 2.52 bits per heavy atom. The zero-order valence-electron chi connectivity index (χ0n) is 12.7. The molecular weight excluding hydrogens is 308 g/mol. The number of aryl methyl sites for hydroxylation is 1.